The Hall–Kier alpha value is -1.05. The van der Waals surface area contributed by atoms with Crippen LogP contribution in [-0.2, 0) is 9.84 Å². The third kappa shape index (κ3) is 3.23. The number of sulfone groups is 1. The van der Waals surface area contributed by atoms with E-state index in [4.69, 9.17) is 10.0 Å². The van der Waals surface area contributed by atoms with E-state index in [1.54, 1.807) is 6.92 Å². The predicted octanol–water partition coefficient (Wildman–Crippen LogP) is -0.171. The van der Waals surface area contributed by atoms with Crippen molar-refractivity contribution in [2.75, 3.05) is 5.75 Å². The number of rotatable bonds is 4. The highest BCUT2D eigenvalue weighted by Crippen LogP contribution is 2.16. The summed E-state index contributed by atoms with van der Waals surface area (Å²) in [5.74, 6) is 0.218. The molecule has 0 bridgehead atoms. The van der Waals surface area contributed by atoms with E-state index in [0.717, 1.165) is 0 Å². The van der Waals surface area contributed by atoms with Crippen molar-refractivity contribution in [3.05, 3.63) is 24.3 Å². The quantitative estimate of drug-likeness (QED) is 0.701. The van der Waals surface area contributed by atoms with E-state index in [1.165, 1.54) is 24.3 Å². The zero-order valence-corrected chi connectivity index (χ0v) is 8.94. The number of hydrogen-bond donors (Lipinski definition) is 2. The summed E-state index contributed by atoms with van der Waals surface area (Å²) in [4.78, 5) is 0.185. The predicted molar refractivity (Wildman–Crippen MR) is 55.0 cm³/mol. The topological polar surface area (TPSA) is 83.8 Å². The van der Waals surface area contributed by atoms with E-state index in [-0.39, 0.29) is 16.4 Å². The Balaban J connectivity index is 2.91. The second-order valence-corrected chi connectivity index (χ2v) is 5.10. The molecule has 0 unspecified atom stereocenters. The molecular formula is C8H11BO5S. The SMILES string of the molecule is CCS(=O)(=O)c1ccc(OB(O)O)cc1. The van der Waals surface area contributed by atoms with E-state index >= 15 is 0 Å². The Morgan fingerprint density at radius 2 is 1.80 bits per heavy atom. The fraction of sp³-hybridized carbons (Fsp3) is 0.250. The summed E-state index contributed by atoms with van der Waals surface area (Å²) in [5, 5.41) is 17.0. The molecule has 1 rings (SSSR count). The fourth-order valence-electron chi connectivity index (χ4n) is 1.01. The van der Waals surface area contributed by atoms with Gasteiger partial charge in [-0.05, 0) is 24.3 Å². The van der Waals surface area contributed by atoms with Gasteiger partial charge in [0.05, 0.1) is 10.6 Å². The first-order valence-electron chi connectivity index (χ1n) is 4.31. The van der Waals surface area contributed by atoms with Crippen LogP contribution in [0.3, 0.4) is 0 Å². The minimum absolute atomic E-state index is 0.0236. The average Bonchev–Trinajstić information content (AvgIpc) is 2.18. The summed E-state index contributed by atoms with van der Waals surface area (Å²) < 4.78 is 27.3. The van der Waals surface area contributed by atoms with Gasteiger partial charge in [-0.1, -0.05) is 6.92 Å². The van der Waals surface area contributed by atoms with Gasteiger partial charge in [0.1, 0.15) is 5.75 Å². The lowest BCUT2D eigenvalue weighted by atomic mass is 10.2. The third-order valence-electron chi connectivity index (χ3n) is 1.80. The molecule has 7 heteroatoms. The zero-order chi connectivity index (χ0) is 11.5. The molecule has 0 radical (unpaired) electrons. The lowest BCUT2D eigenvalue weighted by molar-refractivity contribution is 0.288. The highest BCUT2D eigenvalue weighted by atomic mass is 32.2. The molecule has 2 N–H and O–H groups in total. The van der Waals surface area contributed by atoms with Gasteiger partial charge in [0.15, 0.2) is 9.84 Å². The molecule has 0 fully saturated rings. The monoisotopic (exact) mass is 230 g/mol. The van der Waals surface area contributed by atoms with Crippen LogP contribution in [0.4, 0.5) is 0 Å². The third-order valence-corrected chi connectivity index (χ3v) is 3.55. The van der Waals surface area contributed by atoms with Crippen molar-refractivity contribution in [3.63, 3.8) is 0 Å². The lowest BCUT2D eigenvalue weighted by Gasteiger charge is -2.05. The molecule has 5 nitrogen and oxygen atoms in total. The van der Waals surface area contributed by atoms with Crippen molar-refractivity contribution in [2.24, 2.45) is 0 Å². The maximum Gasteiger partial charge on any atom is 0.707 e. The summed E-state index contributed by atoms with van der Waals surface area (Å²) in [5.41, 5.74) is 0. The Kier molecular flexibility index (Phi) is 3.73. The van der Waals surface area contributed by atoms with Crippen LogP contribution in [0.5, 0.6) is 5.75 Å². The molecule has 1 aromatic carbocycles. The summed E-state index contributed by atoms with van der Waals surface area (Å²) >= 11 is 0. The molecule has 0 heterocycles. The normalized spacial score (nSPS) is 11.1. The van der Waals surface area contributed by atoms with E-state index < -0.39 is 17.2 Å². The van der Waals surface area contributed by atoms with Crippen molar-refractivity contribution in [1.29, 1.82) is 0 Å². The Labute approximate surface area is 88.4 Å². The highest BCUT2D eigenvalue weighted by Gasteiger charge is 2.13. The van der Waals surface area contributed by atoms with Gasteiger partial charge in [0.25, 0.3) is 0 Å². The van der Waals surface area contributed by atoms with Gasteiger partial charge >= 0.3 is 7.32 Å². The lowest BCUT2D eigenvalue weighted by Crippen LogP contribution is -2.20. The van der Waals surface area contributed by atoms with Crippen molar-refractivity contribution < 1.29 is 23.1 Å². The van der Waals surface area contributed by atoms with Crippen molar-refractivity contribution in [3.8, 4) is 5.75 Å². The molecule has 82 valence electrons. The maximum atomic E-state index is 11.4. The Morgan fingerprint density at radius 1 is 1.27 bits per heavy atom. The standard InChI is InChI=1S/C8H11BO5S/c1-2-15(12,13)8-5-3-7(4-6-8)14-9(10)11/h3-6,10-11H,2H2,1H3. The summed E-state index contributed by atoms with van der Waals surface area (Å²) in [6.45, 7) is 1.55. The second-order valence-electron chi connectivity index (χ2n) is 2.82. The van der Waals surface area contributed by atoms with Crippen LogP contribution in [0.25, 0.3) is 0 Å². The van der Waals surface area contributed by atoms with Gasteiger partial charge in [-0.2, -0.15) is 0 Å². The van der Waals surface area contributed by atoms with E-state index in [2.05, 4.69) is 4.65 Å². The maximum absolute atomic E-state index is 11.4. The van der Waals surface area contributed by atoms with Gasteiger partial charge < -0.3 is 14.7 Å². The second kappa shape index (κ2) is 4.65. The average molecular weight is 230 g/mol. The van der Waals surface area contributed by atoms with E-state index in [9.17, 15) is 8.42 Å². The van der Waals surface area contributed by atoms with Crippen molar-refractivity contribution in [2.45, 2.75) is 11.8 Å². The molecule has 0 saturated carbocycles. The zero-order valence-electron chi connectivity index (χ0n) is 8.12. The molecule has 0 aliphatic heterocycles. The van der Waals surface area contributed by atoms with Crippen LogP contribution >= 0.6 is 0 Å². The van der Waals surface area contributed by atoms with Crippen molar-refractivity contribution >= 4 is 17.2 Å². The number of hydrogen-bond acceptors (Lipinski definition) is 5. The van der Waals surface area contributed by atoms with Crippen LogP contribution < -0.4 is 4.65 Å². The number of benzene rings is 1. The smallest absolute Gasteiger partial charge is 0.512 e. The molecule has 1 aromatic rings. The first-order valence-corrected chi connectivity index (χ1v) is 5.96. The fourth-order valence-corrected chi connectivity index (χ4v) is 1.90. The van der Waals surface area contributed by atoms with Crippen molar-refractivity contribution in [1.82, 2.24) is 0 Å². The molecule has 0 spiro atoms. The van der Waals surface area contributed by atoms with Crippen LogP contribution in [0.15, 0.2) is 29.2 Å². The molecule has 0 aliphatic carbocycles. The van der Waals surface area contributed by atoms with Crippen LogP contribution in [0.2, 0.25) is 0 Å². The van der Waals surface area contributed by atoms with Crippen LogP contribution in [0.1, 0.15) is 6.92 Å². The highest BCUT2D eigenvalue weighted by molar-refractivity contribution is 7.91. The van der Waals surface area contributed by atoms with Gasteiger partial charge in [0.2, 0.25) is 0 Å². The van der Waals surface area contributed by atoms with Gasteiger partial charge in [-0.25, -0.2) is 8.42 Å². The molecular weight excluding hydrogens is 219 g/mol. The molecule has 15 heavy (non-hydrogen) atoms. The van der Waals surface area contributed by atoms with E-state index in [0.29, 0.717) is 0 Å². The summed E-state index contributed by atoms with van der Waals surface area (Å²) in [6.07, 6.45) is 0. The first kappa shape index (κ1) is 12.0. The summed E-state index contributed by atoms with van der Waals surface area (Å²) in [6, 6.07) is 5.44. The Morgan fingerprint density at radius 3 is 2.20 bits per heavy atom. The molecule has 0 atom stereocenters. The first-order chi connectivity index (χ1) is 6.95. The minimum Gasteiger partial charge on any atom is -0.512 e. The van der Waals surface area contributed by atoms with E-state index in [1.807, 2.05) is 0 Å². The van der Waals surface area contributed by atoms with Gasteiger partial charge in [-0.3, -0.25) is 0 Å². The van der Waals surface area contributed by atoms with Gasteiger partial charge in [-0.15, -0.1) is 0 Å². The Bertz CT molecular complexity index is 411. The summed E-state index contributed by atoms with van der Waals surface area (Å²) in [7, 11) is -5.13. The molecule has 0 aromatic heterocycles. The van der Waals surface area contributed by atoms with Crippen LogP contribution in [-0.4, -0.2) is 31.5 Å². The van der Waals surface area contributed by atoms with Crippen LogP contribution in [0, 0.1) is 0 Å². The minimum atomic E-state index is -3.22. The van der Waals surface area contributed by atoms with Gasteiger partial charge in [0, 0.05) is 0 Å². The molecule has 0 amide bonds. The molecule has 0 saturated heterocycles. The molecule has 0 aliphatic rings. The largest absolute Gasteiger partial charge is 0.707 e.